The molecule has 5 heteroatoms. The minimum absolute atomic E-state index is 0.150. The Hall–Kier alpha value is -0.940. The van der Waals surface area contributed by atoms with Gasteiger partial charge in [-0.1, -0.05) is 0 Å². The zero-order chi connectivity index (χ0) is 8.85. The van der Waals surface area contributed by atoms with Gasteiger partial charge < -0.3 is 16.2 Å². The van der Waals surface area contributed by atoms with E-state index < -0.39 is 12.0 Å². The van der Waals surface area contributed by atoms with Gasteiger partial charge in [0.15, 0.2) is 0 Å². The number of primary amides is 1. The number of carboxylic acids is 1. The summed E-state index contributed by atoms with van der Waals surface area (Å²) >= 11 is 0. The number of carbonyl (C=O) groups excluding carboxylic acids is 1. The van der Waals surface area contributed by atoms with Crippen molar-refractivity contribution in [3.05, 3.63) is 7.05 Å². The van der Waals surface area contributed by atoms with Crippen molar-refractivity contribution in [2.24, 2.45) is 5.73 Å². The summed E-state index contributed by atoms with van der Waals surface area (Å²) in [4.78, 5) is 20.7. The van der Waals surface area contributed by atoms with E-state index in [4.69, 9.17) is 10.8 Å². The molecule has 0 aromatic rings. The number of hydrogen-bond donors (Lipinski definition) is 3. The van der Waals surface area contributed by atoms with Gasteiger partial charge in [-0.15, -0.1) is 7.05 Å². The van der Waals surface area contributed by atoms with Crippen molar-refractivity contribution in [1.82, 2.24) is 0 Å². The summed E-state index contributed by atoms with van der Waals surface area (Å²) in [6, 6.07) is -0.945. The standard InChI is InChI=1S/C6H12N2O3/c1-8-5(9)3-2-4(7)6(10)11/h4H,1-3,7-8H2,(H,10,11). The van der Waals surface area contributed by atoms with E-state index in [2.05, 4.69) is 7.05 Å². The molecule has 5 nitrogen and oxygen atoms in total. The average molecular weight is 160 g/mol. The van der Waals surface area contributed by atoms with Crippen LogP contribution in [0.25, 0.3) is 0 Å². The van der Waals surface area contributed by atoms with E-state index in [9.17, 15) is 9.59 Å². The fraction of sp³-hybridized carbons (Fsp3) is 0.500. The van der Waals surface area contributed by atoms with E-state index in [0.29, 0.717) is 0 Å². The quantitative estimate of drug-likeness (QED) is 0.417. The third-order valence-electron chi connectivity index (χ3n) is 1.25. The zero-order valence-electron chi connectivity index (χ0n) is 6.12. The van der Waals surface area contributed by atoms with E-state index >= 15 is 0 Å². The van der Waals surface area contributed by atoms with Gasteiger partial charge in [-0.2, -0.15) is 0 Å². The lowest BCUT2D eigenvalue weighted by atomic mass is 10.1. The van der Waals surface area contributed by atoms with Crippen LogP contribution in [0.15, 0.2) is 0 Å². The molecule has 0 fully saturated rings. The monoisotopic (exact) mass is 160 g/mol. The summed E-state index contributed by atoms with van der Waals surface area (Å²) in [7, 11) is 3.25. The molecular weight excluding hydrogens is 148 g/mol. The Morgan fingerprint density at radius 1 is 1.64 bits per heavy atom. The molecule has 0 aromatic heterocycles. The number of amides is 1. The maximum atomic E-state index is 10.6. The molecule has 0 radical (unpaired) electrons. The second kappa shape index (κ2) is 4.81. The molecular formula is C6H12N2O3. The first-order valence-electron chi connectivity index (χ1n) is 3.21. The number of rotatable bonds is 4. The Morgan fingerprint density at radius 3 is 2.55 bits per heavy atom. The first kappa shape index (κ1) is 10.1. The van der Waals surface area contributed by atoms with Crippen molar-refractivity contribution in [2.75, 3.05) is 0 Å². The Kier molecular flexibility index (Phi) is 4.40. The molecule has 1 amide bonds. The molecule has 0 rings (SSSR count). The topological polar surface area (TPSA) is 97.0 Å². The normalized spacial score (nSPS) is 12.5. The number of hydrogen-bond acceptors (Lipinski definition) is 3. The molecule has 0 bridgehead atoms. The fourth-order valence-electron chi connectivity index (χ4n) is 0.523. The minimum atomic E-state index is -1.08. The molecule has 0 heterocycles. The van der Waals surface area contributed by atoms with E-state index in [1.807, 2.05) is 0 Å². The minimum Gasteiger partial charge on any atom is -0.480 e. The predicted molar refractivity (Wildman–Crippen MR) is 37.1 cm³/mol. The van der Waals surface area contributed by atoms with Crippen molar-refractivity contribution in [2.45, 2.75) is 18.9 Å². The van der Waals surface area contributed by atoms with Gasteiger partial charge in [0, 0.05) is 0 Å². The summed E-state index contributed by atoms with van der Waals surface area (Å²) in [5, 5.41) is 9.47. The highest BCUT2D eigenvalue weighted by molar-refractivity contribution is 5.74. The van der Waals surface area contributed by atoms with Gasteiger partial charge in [0.2, 0.25) is 0 Å². The molecule has 0 saturated carbocycles. The van der Waals surface area contributed by atoms with E-state index in [1.54, 1.807) is 0 Å². The van der Waals surface area contributed by atoms with Crippen LogP contribution in [0.1, 0.15) is 12.8 Å². The molecule has 0 spiro atoms. The zero-order valence-corrected chi connectivity index (χ0v) is 6.12. The maximum absolute atomic E-state index is 10.6. The number of carboxylic acid groups (broad SMARTS) is 1. The van der Waals surface area contributed by atoms with Gasteiger partial charge in [0.1, 0.15) is 6.04 Å². The molecule has 1 atom stereocenters. The molecule has 0 aliphatic rings. The second-order valence-electron chi connectivity index (χ2n) is 2.15. The van der Waals surface area contributed by atoms with Crippen molar-refractivity contribution in [3.8, 4) is 0 Å². The number of nitrogens with two attached hydrogens (primary N) is 2. The summed E-state index contributed by atoms with van der Waals surface area (Å²) in [5.74, 6) is -1.26. The average Bonchev–Trinajstić information content (AvgIpc) is 1.99. The highest BCUT2D eigenvalue weighted by Crippen LogP contribution is 1.92. The van der Waals surface area contributed by atoms with Crippen LogP contribution in [-0.2, 0) is 9.59 Å². The highest BCUT2D eigenvalue weighted by atomic mass is 16.4. The van der Waals surface area contributed by atoms with Gasteiger partial charge in [-0.05, 0) is 6.42 Å². The van der Waals surface area contributed by atoms with E-state index in [-0.39, 0.29) is 18.7 Å². The van der Waals surface area contributed by atoms with Crippen LogP contribution < -0.4 is 11.1 Å². The van der Waals surface area contributed by atoms with Gasteiger partial charge >= 0.3 is 5.97 Å². The second-order valence-corrected chi connectivity index (χ2v) is 2.15. The van der Waals surface area contributed by atoms with Crippen LogP contribution in [0, 0.1) is 7.05 Å². The molecule has 11 heavy (non-hydrogen) atoms. The van der Waals surface area contributed by atoms with Crippen LogP contribution in [0.2, 0.25) is 0 Å². The maximum Gasteiger partial charge on any atom is 0.320 e. The Morgan fingerprint density at radius 2 is 2.18 bits per heavy atom. The molecule has 64 valence electrons. The van der Waals surface area contributed by atoms with Gasteiger partial charge in [0.25, 0.3) is 5.91 Å². The first-order valence-corrected chi connectivity index (χ1v) is 3.21. The molecule has 0 aliphatic carbocycles. The molecule has 0 aromatic carbocycles. The van der Waals surface area contributed by atoms with E-state index in [0.717, 1.165) is 5.32 Å². The van der Waals surface area contributed by atoms with Crippen molar-refractivity contribution >= 4 is 11.9 Å². The first-order chi connectivity index (χ1) is 5.07. The third-order valence-corrected chi connectivity index (χ3v) is 1.25. The lowest BCUT2D eigenvalue weighted by Gasteiger charge is -2.03. The molecule has 0 saturated heterocycles. The largest absolute Gasteiger partial charge is 0.480 e. The summed E-state index contributed by atoms with van der Waals surface area (Å²) in [5.41, 5.74) is 5.13. The fourth-order valence-corrected chi connectivity index (χ4v) is 0.523. The molecule has 1 unspecified atom stereocenters. The Balaban J connectivity index is 3.54. The van der Waals surface area contributed by atoms with Crippen molar-refractivity contribution in [3.63, 3.8) is 0 Å². The van der Waals surface area contributed by atoms with E-state index in [1.165, 1.54) is 0 Å². The summed E-state index contributed by atoms with van der Waals surface area (Å²) in [6.45, 7) is 0. The molecule has 0 aliphatic heterocycles. The summed E-state index contributed by atoms with van der Waals surface area (Å²) in [6.07, 6.45) is 0.317. The number of carbonyl (C=O) groups is 2. The SMILES string of the molecule is [CH2-][NH2+]C(=O)CCC(N)C(=O)O. The van der Waals surface area contributed by atoms with Crippen LogP contribution >= 0.6 is 0 Å². The lowest BCUT2D eigenvalue weighted by molar-refractivity contribution is -0.507. The predicted octanol–water partition coefficient (Wildman–Crippen LogP) is -1.94. The van der Waals surface area contributed by atoms with Gasteiger partial charge in [-0.25, -0.2) is 4.79 Å². The number of quaternary nitrogens is 1. The van der Waals surface area contributed by atoms with Crippen molar-refractivity contribution in [1.29, 1.82) is 0 Å². The van der Waals surface area contributed by atoms with Crippen LogP contribution in [0.5, 0.6) is 0 Å². The van der Waals surface area contributed by atoms with Gasteiger partial charge in [0.05, 0.1) is 6.42 Å². The van der Waals surface area contributed by atoms with Crippen LogP contribution in [-0.4, -0.2) is 23.0 Å². The van der Waals surface area contributed by atoms with Crippen molar-refractivity contribution < 1.29 is 20.0 Å². The molecule has 5 N–H and O–H groups in total. The lowest BCUT2D eigenvalue weighted by Crippen LogP contribution is -2.81. The van der Waals surface area contributed by atoms with Crippen LogP contribution in [0.3, 0.4) is 0 Å². The van der Waals surface area contributed by atoms with Crippen LogP contribution in [0.4, 0.5) is 0 Å². The Bertz CT molecular complexity index is 158. The third kappa shape index (κ3) is 4.46. The smallest absolute Gasteiger partial charge is 0.320 e. The number of aliphatic carboxylic acids is 1. The summed E-state index contributed by atoms with van der Waals surface area (Å²) < 4.78 is 0. The van der Waals surface area contributed by atoms with Gasteiger partial charge in [-0.3, -0.25) is 4.79 Å². The highest BCUT2D eigenvalue weighted by Gasteiger charge is 2.12. The Labute approximate surface area is 64.6 Å².